The number of amides is 2. The third-order valence-corrected chi connectivity index (χ3v) is 7.43. The maximum Gasteiger partial charge on any atom is 0.407 e. The first-order valence-electron chi connectivity index (χ1n) is 11.6. The van der Waals surface area contributed by atoms with Gasteiger partial charge in [-0.15, -0.1) is 11.8 Å². The number of hydrogen-bond acceptors (Lipinski definition) is 5. The Labute approximate surface area is 203 Å². The second-order valence-corrected chi connectivity index (χ2v) is 10.2. The summed E-state index contributed by atoms with van der Waals surface area (Å²) in [6, 6.07) is 14.5. The van der Waals surface area contributed by atoms with Gasteiger partial charge in [0.1, 0.15) is 18.7 Å². The van der Waals surface area contributed by atoms with Crippen LogP contribution in [0.15, 0.2) is 48.5 Å². The van der Waals surface area contributed by atoms with Crippen LogP contribution in [0, 0.1) is 5.92 Å². The lowest BCUT2D eigenvalue weighted by Gasteiger charge is -2.27. The zero-order chi connectivity index (χ0) is 24.2. The van der Waals surface area contributed by atoms with Crippen molar-refractivity contribution >= 4 is 29.7 Å². The van der Waals surface area contributed by atoms with Gasteiger partial charge in [0.15, 0.2) is 0 Å². The fourth-order valence-electron chi connectivity index (χ4n) is 4.60. The molecule has 180 valence electrons. The van der Waals surface area contributed by atoms with Crippen LogP contribution >= 0.6 is 11.8 Å². The SMILES string of the molecule is CC(C)CCC(NC(=O)OCC1c2ccccc2-c2ccccc21)C(=O)N1CSCC1C(=O)O. The number of fused-ring (bicyclic) bond motifs is 3. The van der Waals surface area contributed by atoms with Crippen LogP contribution in [0.25, 0.3) is 11.1 Å². The first-order valence-corrected chi connectivity index (χ1v) is 12.7. The Morgan fingerprint density at radius 2 is 1.68 bits per heavy atom. The van der Waals surface area contributed by atoms with Crippen molar-refractivity contribution < 1.29 is 24.2 Å². The summed E-state index contributed by atoms with van der Waals surface area (Å²) in [6.07, 6.45) is 0.482. The number of alkyl carbamates (subject to hydrolysis) is 1. The van der Waals surface area contributed by atoms with Gasteiger partial charge in [-0.05, 0) is 41.0 Å². The van der Waals surface area contributed by atoms with E-state index in [-0.39, 0.29) is 18.4 Å². The van der Waals surface area contributed by atoms with Gasteiger partial charge in [0.05, 0.1) is 5.88 Å². The van der Waals surface area contributed by atoms with Crippen molar-refractivity contribution in [3.63, 3.8) is 0 Å². The molecule has 0 bridgehead atoms. The van der Waals surface area contributed by atoms with Crippen LogP contribution in [-0.4, -0.2) is 58.3 Å². The summed E-state index contributed by atoms with van der Waals surface area (Å²) in [5.41, 5.74) is 4.51. The molecule has 1 fully saturated rings. The number of hydrogen-bond donors (Lipinski definition) is 2. The number of aliphatic carboxylic acids is 1. The Kier molecular flexibility index (Phi) is 7.46. The molecule has 2 unspecified atom stereocenters. The standard InChI is InChI=1S/C26H30N2O5S/c1-16(2)11-12-22(24(29)28-15-34-14-23(28)25(30)31)27-26(32)33-13-21-19-9-5-3-7-17(19)18-8-4-6-10-20(18)21/h3-10,16,21-23H,11-15H2,1-2H3,(H,27,32)(H,30,31). The molecule has 2 N–H and O–H groups in total. The van der Waals surface area contributed by atoms with Gasteiger partial charge in [-0.3, -0.25) is 4.79 Å². The van der Waals surface area contributed by atoms with E-state index in [4.69, 9.17) is 4.74 Å². The highest BCUT2D eigenvalue weighted by Gasteiger charge is 2.38. The lowest BCUT2D eigenvalue weighted by molar-refractivity contribution is -0.148. The number of carboxylic acid groups (broad SMARTS) is 1. The van der Waals surface area contributed by atoms with Crippen molar-refractivity contribution in [1.29, 1.82) is 0 Å². The molecule has 1 aliphatic heterocycles. The molecule has 8 heteroatoms. The van der Waals surface area contributed by atoms with Gasteiger partial charge < -0.3 is 20.1 Å². The Bertz CT molecular complexity index is 1030. The average Bonchev–Trinajstić information content (AvgIpc) is 3.43. The Morgan fingerprint density at radius 3 is 2.26 bits per heavy atom. The molecule has 7 nitrogen and oxygen atoms in total. The van der Waals surface area contributed by atoms with Gasteiger partial charge in [0, 0.05) is 11.7 Å². The fraction of sp³-hybridized carbons (Fsp3) is 0.423. The highest BCUT2D eigenvalue weighted by atomic mass is 32.2. The molecule has 2 atom stereocenters. The zero-order valence-corrected chi connectivity index (χ0v) is 20.2. The van der Waals surface area contributed by atoms with E-state index in [1.165, 1.54) is 16.7 Å². The van der Waals surface area contributed by atoms with Crippen LogP contribution in [0.3, 0.4) is 0 Å². The summed E-state index contributed by atoms with van der Waals surface area (Å²) in [5, 5.41) is 12.2. The van der Waals surface area contributed by atoms with Gasteiger partial charge >= 0.3 is 12.1 Å². The molecule has 2 aromatic carbocycles. The summed E-state index contributed by atoms with van der Waals surface area (Å²) < 4.78 is 5.62. The predicted octanol–water partition coefficient (Wildman–Crippen LogP) is 4.32. The number of carbonyl (C=O) groups excluding carboxylic acids is 2. The van der Waals surface area contributed by atoms with Gasteiger partial charge in [0.25, 0.3) is 0 Å². The van der Waals surface area contributed by atoms with E-state index in [0.717, 1.165) is 28.7 Å². The van der Waals surface area contributed by atoms with Crippen LogP contribution < -0.4 is 5.32 Å². The quantitative estimate of drug-likeness (QED) is 0.582. The number of carbonyl (C=O) groups is 3. The van der Waals surface area contributed by atoms with E-state index in [9.17, 15) is 19.5 Å². The van der Waals surface area contributed by atoms with E-state index >= 15 is 0 Å². The molecule has 0 radical (unpaired) electrons. The largest absolute Gasteiger partial charge is 0.480 e. The lowest BCUT2D eigenvalue weighted by atomic mass is 9.98. The van der Waals surface area contributed by atoms with E-state index in [0.29, 0.717) is 24.0 Å². The topological polar surface area (TPSA) is 95.9 Å². The lowest BCUT2D eigenvalue weighted by Crippen LogP contribution is -2.52. The van der Waals surface area contributed by atoms with E-state index in [2.05, 4.69) is 17.4 Å². The molecule has 2 amide bonds. The second-order valence-electron chi connectivity index (χ2n) is 9.16. The van der Waals surface area contributed by atoms with Gasteiger partial charge in [0.2, 0.25) is 5.91 Å². The summed E-state index contributed by atoms with van der Waals surface area (Å²) >= 11 is 1.40. The number of thioether (sulfide) groups is 1. The van der Waals surface area contributed by atoms with Gasteiger partial charge in [-0.25, -0.2) is 9.59 Å². The van der Waals surface area contributed by atoms with Crippen LogP contribution in [0.2, 0.25) is 0 Å². The minimum atomic E-state index is -1.03. The number of carboxylic acids is 1. The number of benzene rings is 2. The molecule has 2 aromatic rings. The number of nitrogens with zero attached hydrogens (tertiary/aromatic N) is 1. The predicted molar refractivity (Wildman–Crippen MR) is 132 cm³/mol. The third kappa shape index (κ3) is 5.06. The van der Waals surface area contributed by atoms with E-state index < -0.39 is 24.1 Å². The highest BCUT2D eigenvalue weighted by Crippen LogP contribution is 2.44. The zero-order valence-electron chi connectivity index (χ0n) is 19.4. The summed E-state index contributed by atoms with van der Waals surface area (Å²) in [5.74, 6) is -0.477. The monoisotopic (exact) mass is 482 g/mol. The van der Waals surface area contributed by atoms with Crippen molar-refractivity contribution in [1.82, 2.24) is 10.2 Å². The molecule has 1 heterocycles. The Hall–Kier alpha value is -3.00. The summed E-state index contributed by atoms with van der Waals surface area (Å²) in [4.78, 5) is 38.9. The number of rotatable bonds is 8. The van der Waals surface area contributed by atoms with Gasteiger partial charge in [-0.2, -0.15) is 0 Å². The first kappa shape index (κ1) is 24.1. The second kappa shape index (κ2) is 10.5. The normalized spacial score (nSPS) is 17.9. The number of nitrogens with one attached hydrogen (secondary N) is 1. The molecule has 0 saturated carbocycles. The molecule has 2 aliphatic rings. The molecule has 1 saturated heterocycles. The minimum absolute atomic E-state index is 0.0747. The molecule has 0 aromatic heterocycles. The Balaban J connectivity index is 1.44. The summed E-state index contributed by atoms with van der Waals surface area (Å²) in [6.45, 7) is 4.24. The van der Waals surface area contributed by atoms with Crippen molar-refractivity contribution in [2.45, 2.75) is 44.7 Å². The maximum absolute atomic E-state index is 13.2. The number of ether oxygens (including phenoxy) is 1. The van der Waals surface area contributed by atoms with Crippen LogP contribution in [0.5, 0.6) is 0 Å². The molecule has 34 heavy (non-hydrogen) atoms. The third-order valence-electron chi connectivity index (χ3n) is 6.42. The van der Waals surface area contributed by atoms with Crippen molar-refractivity contribution in [3.05, 3.63) is 59.7 Å². The van der Waals surface area contributed by atoms with Crippen LogP contribution in [0.4, 0.5) is 4.79 Å². The van der Waals surface area contributed by atoms with Crippen molar-refractivity contribution in [2.24, 2.45) is 5.92 Å². The minimum Gasteiger partial charge on any atom is -0.480 e. The molecule has 0 spiro atoms. The smallest absolute Gasteiger partial charge is 0.407 e. The van der Waals surface area contributed by atoms with Crippen LogP contribution in [0.1, 0.15) is 43.7 Å². The molecule has 1 aliphatic carbocycles. The molecular weight excluding hydrogens is 452 g/mol. The van der Waals surface area contributed by atoms with Gasteiger partial charge in [-0.1, -0.05) is 62.4 Å². The fourth-order valence-corrected chi connectivity index (χ4v) is 5.76. The summed E-state index contributed by atoms with van der Waals surface area (Å²) in [7, 11) is 0. The Morgan fingerprint density at radius 1 is 1.06 bits per heavy atom. The highest BCUT2D eigenvalue weighted by molar-refractivity contribution is 7.99. The average molecular weight is 483 g/mol. The van der Waals surface area contributed by atoms with Crippen LogP contribution in [-0.2, 0) is 14.3 Å². The van der Waals surface area contributed by atoms with E-state index in [1.807, 2.05) is 50.2 Å². The molecule has 4 rings (SSSR count). The maximum atomic E-state index is 13.2. The van der Waals surface area contributed by atoms with E-state index in [1.54, 1.807) is 0 Å². The van der Waals surface area contributed by atoms with Crippen molar-refractivity contribution in [3.8, 4) is 11.1 Å². The first-order chi connectivity index (χ1) is 16.4. The molecular formula is C26H30N2O5S. The van der Waals surface area contributed by atoms with Crippen molar-refractivity contribution in [2.75, 3.05) is 18.2 Å².